The quantitative estimate of drug-likeness (QED) is 0.737. The van der Waals surface area contributed by atoms with E-state index in [4.69, 9.17) is 4.74 Å². The molecule has 0 saturated heterocycles. The zero-order chi connectivity index (χ0) is 15.8. The predicted molar refractivity (Wildman–Crippen MR) is 90.2 cm³/mol. The van der Waals surface area contributed by atoms with Crippen LogP contribution in [-0.2, 0) is 11.2 Å². The van der Waals surface area contributed by atoms with Gasteiger partial charge in [0.15, 0.2) is 0 Å². The van der Waals surface area contributed by atoms with Gasteiger partial charge in [-0.2, -0.15) is 0 Å². The highest BCUT2D eigenvalue weighted by Crippen LogP contribution is 2.22. The van der Waals surface area contributed by atoms with Gasteiger partial charge >= 0.3 is 0 Å². The number of carbonyl (C=O) groups is 1. The van der Waals surface area contributed by atoms with Gasteiger partial charge in [-0.05, 0) is 43.9 Å². The molecule has 1 aliphatic carbocycles. The summed E-state index contributed by atoms with van der Waals surface area (Å²) in [7, 11) is 1.98. The van der Waals surface area contributed by atoms with E-state index >= 15 is 0 Å². The molecule has 22 heavy (non-hydrogen) atoms. The molecule has 0 radical (unpaired) electrons. The molecule has 1 fully saturated rings. The molecule has 0 N–H and O–H groups in total. The second-order valence-corrected chi connectivity index (χ2v) is 6.23. The monoisotopic (exact) mass is 303 g/mol. The van der Waals surface area contributed by atoms with Crippen molar-refractivity contribution in [3.05, 3.63) is 29.8 Å². The molecule has 0 bridgehead atoms. The molecule has 0 atom stereocenters. The number of aryl methyl sites for hydroxylation is 1. The highest BCUT2D eigenvalue weighted by atomic mass is 16.5. The Hall–Kier alpha value is -1.51. The van der Waals surface area contributed by atoms with E-state index in [-0.39, 0.29) is 5.91 Å². The van der Waals surface area contributed by atoms with Crippen molar-refractivity contribution in [3.63, 3.8) is 0 Å². The van der Waals surface area contributed by atoms with Gasteiger partial charge in [0, 0.05) is 19.5 Å². The maximum absolute atomic E-state index is 12.4. The van der Waals surface area contributed by atoms with Gasteiger partial charge in [0.25, 0.3) is 0 Å². The van der Waals surface area contributed by atoms with Crippen LogP contribution in [0.15, 0.2) is 24.3 Å². The molecule has 122 valence electrons. The Labute approximate surface area is 134 Å². The molecule has 0 unspecified atom stereocenters. The number of carbonyl (C=O) groups excluding carboxylic acids is 1. The summed E-state index contributed by atoms with van der Waals surface area (Å²) < 4.78 is 5.44. The summed E-state index contributed by atoms with van der Waals surface area (Å²) in [5.41, 5.74) is 1.20. The second-order valence-electron chi connectivity index (χ2n) is 6.23. The molecule has 1 saturated carbocycles. The maximum Gasteiger partial charge on any atom is 0.222 e. The molecular formula is C19H29NO2. The molecule has 0 aliphatic heterocycles. The SMILES string of the molecule is CCOc1ccc(CCC(=O)N(C)C2CCCCCC2)cc1. The molecule has 1 aromatic carbocycles. The molecule has 1 aliphatic rings. The summed E-state index contributed by atoms with van der Waals surface area (Å²) in [6, 6.07) is 8.54. The number of nitrogens with zero attached hydrogens (tertiary/aromatic N) is 1. The van der Waals surface area contributed by atoms with Crippen LogP contribution in [0, 0.1) is 0 Å². The van der Waals surface area contributed by atoms with Gasteiger partial charge in [-0.15, -0.1) is 0 Å². The van der Waals surface area contributed by atoms with Gasteiger partial charge in [-0.3, -0.25) is 4.79 Å². The summed E-state index contributed by atoms with van der Waals surface area (Å²) in [4.78, 5) is 14.4. The number of amides is 1. The van der Waals surface area contributed by atoms with E-state index in [9.17, 15) is 4.79 Å². The zero-order valence-electron chi connectivity index (χ0n) is 14.0. The Kier molecular flexibility index (Phi) is 6.75. The average Bonchev–Trinajstić information content (AvgIpc) is 2.82. The lowest BCUT2D eigenvalue weighted by molar-refractivity contribution is -0.132. The zero-order valence-corrected chi connectivity index (χ0v) is 14.0. The molecule has 1 aromatic rings. The number of ether oxygens (including phenoxy) is 1. The topological polar surface area (TPSA) is 29.5 Å². The standard InChI is InChI=1S/C19H29NO2/c1-3-22-18-13-10-16(11-14-18)12-15-19(21)20(2)17-8-6-4-5-7-9-17/h10-11,13-14,17H,3-9,12,15H2,1-2H3. The van der Waals surface area contributed by atoms with Gasteiger partial charge in [-0.1, -0.05) is 37.8 Å². The first kappa shape index (κ1) is 16.9. The minimum absolute atomic E-state index is 0.279. The van der Waals surface area contributed by atoms with Crippen molar-refractivity contribution in [2.24, 2.45) is 0 Å². The van der Waals surface area contributed by atoms with E-state index in [0.717, 1.165) is 12.2 Å². The van der Waals surface area contributed by atoms with E-state index in [2.05, 4.69) is 12.1 Å². The van der Waals surface area contributed by atoms with Gasteiger partial charge in [0.2, 0.25) is 5.91 Å². The third-order valence-electron chi connectivity index (χ3n) is 4.63. The molecule has 0 aromatic heterocycles. The minimum Gasteiger partial charge on any atom is -0.494 e. The molecule has 3 nitrogen and oxygen atoms in total. The Bertz CT molecular complexity index is 447. The predicted octanol–water partition coefficient (Wildman–Crippen LogP) is 4.20. The van der Waals surface area contributed by atoms with Gasteiger partial charge in [-0.25, -0.2) is 0 Å². The van der Waals surface area contributed by atoms with Crippen LogP contribution >= 0.6 is 0 Å². The minimum atomic E-state index is 0.279. The third kappa shape index (κ3) is 5.04. The molecule has 2 rings (SSSR count). The molecule has 1 amide bonds. The van der Waals surface area contributed by atoms with Gasteiger partial charge in [0.1, 0.15) is 5.75 Å². The summed E-state index contributed by atoms with van der Waals surface area (Å²) in [5, 5.41) is 0. The first-order valence-electron chi connectivity index (χ1n) is 8.68. The van der Waals surface area contributed by atoms with Crippen molar-refractivity contribution >= 4 is 5.91 Å². The van der Waals surface area contributed by atoms with Crippen LogP contribution in [-0.4, -0.2) is 30.5 Å². The van der Waals surface area contributed by atoms with E-state index < -0.39 is 0 Å². The van der Waals surface area contributed by atoms with Crippen molar-refractivity contribution in [2.45, 2.75) is 64.3 Å². The molecular weight excluding hydrogens is 274 g/mol. The van der Waals surface area contributed by atoms with Gasteiger partial charge in [0.05, 0.1) is 6.61 Å². The number of hydrogen-bond donors (Lipinski definition) is 0. The van der Waals surface area contributed by atoms with Crippen molar-refractivity contribution in [3.8, 4) is 5.75 Å². The van der Waals surface area contributed by atoms with Crippen LogP contribution in [0.25, 0.3) is 0 Å². The second kappa shape index (κ2) is 8.82. The van der Waals surface area contributed by atoms with E-state index in [0.29, 0.717) is 19.1 Å². The van der Waals surface area contributed by atoms with Crippen molar-refractivity contribution in [2.75, 3.05) is 13.7 Å². The smallest absolute Gasteiger partial charge is 0.222 e. The normalized spacial score (nSPS) is 16.1. The highest BCUT2D eigenvalue weighted by Gasteiger charge is 2.20. The molecule has 0 spiro atoms. The largest absolute Gasteiger partial charge is 0.494 e. The maximum atomic E-state index is 12.4. The van der Waals surface area contributed by atoms with Crippen LogP contribution in [0.1, 0.15) is 57.4 Å². The fourth-order valence-corrected chi connectivity index (χ4v) is 3.20. The van der Waals surface area contributed by atoms with E-state index in [1.807, 2.05) is 31.0 Å². The lowest BCUT2D eigenvalue weighted by Crippen LogP contribution is -2.36. The highest BCUT2D eigenvalue weighted by molar-refractivity contribution is 5.76. The fraction of sp³-hybridized carbons (Fsp3) is 0.632. The van der Waals surface area contributed by atoms with E-state index in [1.54, 1.807) is 0 Å². The number of benzene rings is 1. The number of hydrogen-bond acceptors (Lipinski definition) is 2. The van der Waals surface area contributed by atoms with Gasteiger partial charge < -0.3 is 9.64 Å². The Morgan fingerprint density at radius 3 is 2.36 bits per heavy atom. The summed E-state index contributed by atoms with van der Waals surface area (Å²) in [5.74, 6) is 1.17. The Balaban J connectivity index is 1.80. The lowest BCUT2D eigenvalue weighted by Gasteiger charge is -2.27. The fourth-order valence-electron chi connectivity index (χ4n) is 3.20. The molecule has 0 heterocycles. The van der Waals surface area contributed by atoms with Crippen molar-refractivity contribution in [1.82, 2.24) is 4.90 Å². The molecule has 3 heteroatoms. The van der Waals surface area contributed by atoms with Crippen molar-refractivity contribution < 1.29 is 9.53 Å². The lowest BCUT2D eigenvalue weighted by atomic mass is 10.1. The van der Waals surface area contributed by atoms with Crippen LogP contribution in [0.5, 0.6) is 5.75 Å². The van der Waals surface area contributed by atoms with E-state index in [1.165, 1.54) is 44.1 Å². The average molecular weight is 303 g/mol. The Morgan fingerprint density at radius 2 is 1.77 bits per heavy atom. The Morgan fingerprint density at radius 1 is 1.14 bits per heavy atom. The van der Waals surface area contributed by atoms with Crippen LogP contribution < -0.4 is 4.74 Å². The van der Waals surface area contributed by atoms with Crippen LogP contribution in [0.3, 0.4) is 0 Å². The van der Waals surface area contributed by atoms with Crippen LogP contribution in [0.4, 0.5) is 0 Å². The van der Waals surface area contributed by atoms with Crippen LogP contribution in [0.2, 0.25) is 0 Å². The number of rotatable bonds is 6. The summed E-state index contributed by atoms with van der Waals surface area (Å²) in [6.07, 6.45) is 8.93. The first-order valence-corrected chi connectivity index (χ1v) is 8.68. The summed E-state index contributed by atoms with van der Waals surface area (Å²) >= 11 is 0. The van der Waals surface area contributed by atoms with Crippen molar-refractivity contribution in [1.29, 1.82) is 0 Å². The summed E-state index contributed by atoms with van der Waals surface area (Å²) in [6.45, 7) is 2.67. The first-order chi connectivity index (χ1) is 10.7. The third-order valence-corrected chi connectivity index (χ3v) is 4.63.